The highest BCUT2D eigenvalue weighted by Gasteiger charge is 2.18. The number of nitrogens with one attached hydrogen (secondary N) is 2. The maximum absolute atomic E-state index is 12.1. The minimum Gasteiger partial charge on any atom is -0.399 e. The second kappa shape index (κ2) is 4.37. The molecule has 0 aliphatic heterocycles. The van der Waals surface area contributed by atoms with Gasteiger partial charge in [-0.1, -0.05) is 12.8 Å². The van der Waals surface area contributed by atoms with Crippen LogP contribution in [0.1, 0.15) is 36.2 Å². The van der Waals surface area contributed by atoms with E-state index < -0.39 is 0 Å². The van der Waals surface area contributed by atoms with Gasteiger partial charge >= 0.3 is 0 Å². The van der Waals surface area contributed by atoms with Crippen LogP contribution < -0.4 is 11.1 Å². The third-order valence-corrected chi connectivity index (χ3v) is 3.58. The monoisotopic (exact) mass is 243 g/mol. The minimum atomic E-state index is -0.0170. The van der Waals surface area contributed by atoms with E-state index in [9.17, 15) is 4.79 Å². The zero-order valence-corrected chi connectivity index (χ0v) is 10.2. The number of rotatable bonds is 2. The summed E-state index contributed by atoms with van der Waals surface area (Å²) in [6, 6.07) is 7.80. The van der Waals surface area contributed by atoms with Gasteiger partial charge in [-0.3, -0.25) is 4.79 Å². The van der Waals surface area contributed by atoms with Crippen LogP contribution in [0.4, 0.5) is 5.69 Å². The first-order valence-corrected chi connectivity index (χ1v) is 6.41. The highest BCUT2D eigenvalue weighted by Crippen LogP contribution is 2.20. The van der Waals surface area contributed by atoms with Crippen molar-refractivity contribution in [1.82, 2.24) is 10.3 Å². The number of amides is 1. The van der Waals surface area contributed by atoms with Crippen LogP contribution in [0.5, 0.6) is 0 Å². The van der Waals surface area contributed by atoms with Crippen molar-refractivity contribution in [3.8, 4) is 0 Å². The molecule has 94 valence electrons. The lowest BCUT2D eigenvalue weighted by molar-refractivity contribution is 0.0933. The van der Waals surface area contributed by atoms with E-state index in [2.05, 4.69) is 10.3 Å². The van der Waals surface area contributed by atoms with E-state index in [1.54, 1.807) is 0 Å². The summed E-state index contributed by atoms with van der Waals surface area (Å²) < 4.78 is 0. The van der Waals surface area contributed by atoms with E-state index in [0.29, 0.717) is 17.4 Å². The first-order chi connectivity index (χ1) is 8.72. The predicted molar refractivity (Wildman–Crippen MR) is 72.4 cm³/mol. The van der Waals surface area contributed by atoms with Crippen LogP contribution in [0, 0.1) is 0 Å². The summed E-state index contributed by atoms with van der Waals surface area (Å²) in [7, 11) is 0. The number of carbonyl (C=O) groups is 1. The summed E-state index contributed by atoms with van der Waals surface area (Å²) in [5.74, 6) is -0.0170. The Kier molecular flexibility index (Phi) is 2.70. The van der Waals surface area contributed by atoms with Crippen LogP contribution in [0.25, 0.3) is 10.9 Å². The Morgan fingerprint density at radius 2 is 2.06 bits per heavy atom. The molecular weight excluding hydrogens is 226 g/mol. The SMILES string of the molecule is Nc1ccc2[nH]c(C(=O)NC3CCCC3)cc2c1. The Bertz CT molecular complexity index is 582. The molecule has 1 aromatic heterocycles. The van der Waals surface area contributed by atoms with E-state index in [1.165, 1.54) is 12.8 Å². The second-order valence-electron chi connectivity index (χ2n) is 4.98. The molecule has 0 spiro atoms. The number of hydrogen-bond acceptors (Lipinski definition) is 2. The van der Waals surface area contributed by atoms with Crippen LogP contribution in [-0.4, -0.2) is 16.9 Å². The number of fused-ring (bicyclic) bond motifs is 1. The summed E-state index contributed by atoms with van der Waals surface area (Å²) in [4.78, 5) is 15.2. The van der Waals surface area contributed by atoms with Gasteiger partial charge in [0.25, 0.3) is 5.91 Å². The molecule has 0 radical (unpaired) electrons. The minimum absolute atomic E-state index is 0.0170. The van der Waals surface area contributed by atoms with E-state index in [1.807, 2.05) is 24.3 Å². The molecule has 1 aromatic carbocycles. The molecular formula is C14H17N3O. The number of anilines is 1. The first-order valence-electron chi connectivity index (χ1n) is 6.41. The van der Waals surface area contributed by atoms with E-state index in [4.69, 9.17) is 5.73 Å². The fourth-order valence-corrected chi connectivity index (χ4v) is 2.61. The lowest BCUT2D eigenvalue weighted by atomic mass is 10.2. The van der Waals surface area contributed by atoms with Gasteiger partial charge in [0.2, 0.25) is 0 Å². The fourth-order valence-electron chi connectivity index (χ4n) is 2.61. The van der Waals surface area contributed by atoms with Crippen LogP contribution in [-0.2, 0) is 0 Å². The summed E-state index contributed by atoms with van der Waals surface area (Å²) in [5.41, 5.74) is 8.00. The van der Waals surface area contributed by atoms with E-state index in [-0.39, 0.29) is 5.91 Å². The van der Waals surface area contributed by atoms with Gasteiger partial charge in [0.05, 0.1) is 0 Å². The third-order valence-electron chi connectivity index (χ3n) is 3.58. The average Bonchev–Trinajstić information content (AvgIpc) is 2.96. The highest BCUT2D eigenvalue weighted by atomic mass is 16.1. The van der Waals surface area contributed by atoms with Gasteiger partial charge in [0.1, 0.15) is 5.69 Å². The first kappa shape index (κ1) is 11.1. The smallest absolute Gasteiger partial charge is 0.267 e. The van der Waals surface area contributed by atoms with Crippen LogP contribution in [0.15, 0.2) is 24.3 Å². The maximum atomic E-state index is 12.1. The van der Waals surface area contributed by atoms with Gasteiger partial charge in [-0.2, -0.15) is 0 Å². The molecule has 1 saturated carbocycles. The third kappa shape index (κ3) is 2.06. The molecule has 0 bridgehead atoms. The van der Waals surface area contributed by atoms with Gasteiger partial charge < -0.3 is 16.0 Å². The lowest BCUT2D eigenvalue weighted by Gasteiger charge is -2.10. The predicted octanol–water partition coefficient (Wildman–Crippen LogP) is 2.42. The molecule has 1 aliphatic rings. The largest absolute Gasteiger partial charge is 0.399 e. The number of H-pyrrole nitrogens is 1. The number of aromatic nitrogens is 1. The van der Waals surface area contributed by atoms with Crippen molar-refractivity contribution in [2.45, 2.75) is 31.7 Å². The fraction of sp³-hybridized carbons (Fsp3) is 0.357. The highest BCUT2D eigenvalue weighted by molar-refractivity contribution is 5.98. The molecule has 0 saturated heterocycles. The Labute approximate surface area is 106 Å². The van der Waals surface area contributed by atoms with Crippen LogP contribution in [0.2, 0.25) is 0 Å². The second-order valence-corrected chi connectivity index (χ2v) is 4.98. The van der Waals surface area contributed by atoms with Crippen LogP contribution >= 0.6 is 0 Å². The van der Waals surface area contributed by atoms with Gasteiger partial charge in [-0.05, 0) is 37.1 Å². The summed E-state index contributed by atoms with van der Waals surface area (Å²) >= 11 is 0. The molecule has 1 fully saturated rings. The molecule has 18 heavy (non-hydrogen) atoms. The zero-order chi connectivity index (χ0) is 12.5. The molecule has 4 heteroatoms. The molecule has 1 amide bonds. The van der Waals surface area contributed by atoms with Crippen molar-refractivity contribution < 1.29 is 4.79 Å². The van der Waals surface area contributed by atoms with Gasteiger partial charge in [0, 0.05) is 22.6 Å². The standard InChI is InChI=1S/C14H17N3O/c15-10-5-6-12-9(7-10)8-13(17-12)14(18)16-11-3-1-2-4-11/h5-8,11,17H,1-4,15H2,(H,16,18). The Morgan fingerprint density at radius 1 is 1.28 bits per heavy atom. The van der Waals surface area contributed by atoms with Crippen molar-refractivity contribution in [1.29, 1.82) is 0 Å². The van der Waals surface area contributed by atoms with Gasteiger partial charge in [-0.15, -0.1) is 0 Å². The quantitative estimate of drug-likeness (QED) is 0.709. The van der Waals surface area contributed by atoms with Crippen molar-refractivity contribution >= 4 is 22.5 Å². The molecule has 1 heterocycles. The molecule has 0 atom stereocenters. The molecule has 1 aliphatic carbocycles. The zero-order valence-electron chi connectivity index (χ0n) is 10.2. The lowest BCUT2D eigenvalue weighted by Crippen LogP contribution is -2.32. The number of aromatic amines is 1. The van der Waals surface area contributed by atoms with Crippen molar-refractivity contribution in [3.05, 3.63) is 30.0 Å². The number of nitrogens with two attached hydrogens (primary N) is 1. The summed E-state index contributed by atoms with van der Waals surface area (Å²) in [6.07, 6.45) is 4.63. The number of nitrogen functional groups attached to an aromatic ring is 1. The molecule has 0 unspecified atom stereocenters. The van der Waals surface area contributed by atoms with Gasteiger partial charge in [0.15, 0.2) is 0 Å². The Hall–Kier alpha value is -1.97. The molecule has 4 N–H and O–H groups in total. The summed E-state index contributed by atoms with van der Waals surface area (Å²) in [6.45, 7) is 0. The average molecular weight is 243 g/mol. The van der Waals surface area contributed by atoms with Crippen molar-refractivity contribution in [2.24, 2.45) is 0 Å². The number of benzene rings is 1. The summed E-state index contributed by atoms with van der Waals surface area (Å²) in [5, 5.41) is 4.05. The molecule has 4 nitrogen and oxygen atoms in total. The van der Waals surface area contributed by atoms with Gasteiger partial charge in [-0.25, -0.2) is 0 Å². The Morgan fingerprint density at radius 3 is 2.83 bits per heavy atom. The van der Waals surface area contributed by atoms with Crippen molar-refractivity contribution in [2.75, 3.05) is 5.73 Å². The van der Waals surface area contributed by atoms with Crippen molar-refractivity contribution in [3.63, 3.8) is 0 Å². The normalized spacial score (nSPS) is 16.2. The Balaban J connectivity index is 1.82. The molecule has 2 aromatic rings. The number of hydrogen-bond donors (Lipinski definition) is 3. The topological polar surface area (TPSA) is 70.9 Å². The van der Waals surface area contributed by atoms with E-state index >= 15 is 0 Å². The maximum Gasteiger partial charge on any atom is 0.267 e. The van der Waals surface area contributed by atoms with Crippen LogP contribution in [0.3, 0.4) is 0 Å². The van der Waals surface area contributed by atoms with E-state index in [0.717, 1.165) is 23.7 Å². The molecule has 3 rings (SSSR count). The number of carbonyl (C=O) groups excluding carboxylic acids is 1.